The minimum Gasteiger partial charge on any atom is -0.0887 e. The molecule has 0 aliphatic rings. The monoisotopic (exact) mass is 330 g/mol. The Morgan fingerprint density at radius 3 is 1.65 bits per heavy atom. The second-order valence-electron chi connectivity index (χ2n) is 5.44. The van der Waals surface area contributed by atoms with Crippen molar-refractivity contribution in [3.05, 3.63) is 71.8 Å². The van der Waals surface area contributed by atoms with E-state index in [-0.39, 0.29) is 0 Å². The van der Waals surface area contributed by atoms with Gasteiger partial charge < -0.3 is 0 Å². The molecule has 0 saturated carbocycles. The summed E-state index contributed by atoms with van der Waals surface area (Å²) in [7, 11) is 0. The van der Waals surface area contributed by atoms with Crippen molar-refractivity contribution in [2.45, 2.75) is 37.4 Å². The van der Waals surface area contributed by atoms with Gasteiger partial charge in [-0.15, -0.1) is 0 Å². The third-order valence-electron chi connectivity index (χ3n) is 3.76. The van der Waals surface area contributed by atoms with E-state index in [1.165, 1.54) is 24.0 Å². The highest BCUT2D eigenvalue weighted by Crippen LogP contribution is 2.26. The summed E-state index contributed by atoms with van der Waals surface area (Å²) < 4.78 is 0. The van der Waals surface area contributed by atoms with Crippen LogP contribution in [-0.4, -0.2) is 4.83 Å². The van der Waals surface area contributed by atoms with Gasteiger partial charge in [0.1, 0.15) is 0 Å². The van der Waals surface area contributed by atoms with E-state index >= 15 is 0 Å². The molecule has 0 fully saturated rings. The molecular weight excluding hydrogens is 308 g/mol. The van der Waals surface area contributed by atoms with Gasteiger partial charge in [-0.25, -0.2) is 0 Å². The summed E-state index contributed by atoms with van der Waals surface area (Å²) >= 11 is 3.92. The molecule has 0 bridgehead atoms. The Hall–Kier alpha value is -1.08. The zero-order valence-electron chi connectivity index (χ0n) is 12.1. The Labute approximate surface area is 131 Å². The maximum Gasteiger partial charge on any atom is 0.0180 e. The van der Waals surface area contributed by atoms with Crippen LogP contribution in [0.2, 0.25) is 0 Å². The molecule has 0 spiro atoms. The lowest BCUT2D eigenvalue weighted by Crippen LogP contribution is -2.19. The first kappa shape index (κ1) is 15.3. The smallest absolute Gasteiger partial charge is 0.0180 e. The molecule has 0 N–H and O–H groups in total. The van der Waals surface area contributed by atoms with E-state index in [1.54, 1.807) is 0 Å². The van der Waals surface area contributed by atoms with Crippen molar-refractivity contribution in [3.8, 4) is 0 Å². The van der Waals surface area contributed by atoms with Gasteiger partial charge in [0.15, 0.2) is 0 Å². The van der Waals surface area contributed by atoms with Gasteiger partial charge in [-0.1, -0.05) is 89.9 Å². The summed E-state index contributed by atoms with van der Waals surface area (Å²) in [5, 5.41) is 0. The molecule has 0 aromatic heterocycles. The van der Waals surface area contributed by atoms with Gasteiger partial charge in [0.2, 0.25) is 0 Å². The van der Waals surface area contributed by atoms with Gasteiger partial charge >= 0.3 is 0 Å². The summed E-state index contributed by atoms with van der Waals surface area (Å²) in [6.45, 7) is 2.26. The van der Waals surface area contributed by atoms with Crippen molar-refractivity contribution >= 4 is 15.9 Å². The predicted molar refractivity (Wildman–Crippen MR) is 91.4 cm³/mol. The normalized spacial score (nSPS) is 12.6. The van der Waals surface area contributed by atoms with Crippen molar-refractivity contribution < 1.29 is 0 Å². The lowest BCUT2D eigenvalue weighted by Gasteiger charge is -2.23. The van der Waals surface area contributed by atoms with Crippen molar-refractivity contribution in [1.82, 2.24) is 0 Å². The zero-order valence-corrected chi connectivity index (χ0v) is 13.7. The van der Waals surface area contributed by atoms with Crippen molar-refractivity contribution in [2.24, 2.45) is 5.92 Å². The summed E-state index contributed by atoms with van der Waals surface area (Å²) in [5.74, 6) is 0.653. The molecule has 0 amide bonds. The number of hydrogen-bond acceptors (Lipinski definition) is 0. The van der Waals surface area contributed by atoms with Crippen LogP contribution in [0, 0.1) is 5.92 Å². The van der Waals surface area contributed by atoms with Gasteiger partial charge in [-0.05, 0) is 36.3 Å². The van der Waals surface area contributed by atoms with Gasteiger partial charge in [0.25, 0.3) is 0 Å². The van der Waals surface area contributed by atoms with E-state index in [4.69, 9.17) is 0 Å². The van der Waals surface area contributed by atoms with Gasteiger partial charge in [0, 0.05) is 4.83 Å². The summed E-state index contributed by atoms with van der Waals surface area (Å²) in [6, 6.07) is 21.7. The fraction of sp³-hybridized carbons (Fsp3) is 0.368. The van der Waals surface area contributed by atoms with Crippen molar-refractivity contribution in [2.75, 3.05) is 0 Å². The number of hydrogen-bond donors (Lipinski definition) is 0. The predicted octanol–water partition coefficient (Wildman–Crippen LogP) is 5.65. The van der Waals surface area contributed by atoms with Crippen LogP contribution < -0.4 is 0 Å². The molecule has 0 radical (unpaired) electrons. The molecule has 1 atom stereocenters. The maximum absolute atomic E-state index is 3.92. The van der Waals surface area contributed by atoms with Crippen LogP contribution in [0.4, 0.5) is 0 Å². The standard InChI is InChI=1S/C19H23Br/c1-2-9-19(20)18(14-16-10-5-3-6-11-16)15-17-12-7-4-8-13-17/h3-8,10-13,18-19H,2,9,14-15H2,1H3. The van der Waals surface area contributed by atoms with Crippen LogP contribution in [0.25, 0.3) is 0 Å². The summed E-state index contributed by atoms with van der Waals surface area (Å²) in [5.41, 5.74) is 2.88. The third-order valence-corrected chi connectivity index (χ3v) is 4.96. The molecule has 0 nitrogen and oxygen atoms in total. The van der Waals surface area contributed by atoms with Crippen LogP contribution in [0.1, 0.15) is 30.9 Å². The highest BCUT2D eigenvalue weighted by atomic mass is 79.9. The summed E-state index contributed by atoms with van der Waals surface area (Å²) in [4.78, 5) is 0.591. The Morgan fingerprint density at radius 2 is 1.25 bits per heavy atom. The van der Waals surface area contributed by atoms with Crippen molar-refractivity contribution in [3.63, 3.8) is 0 Å². The van der Waals surface area contributed by atoms with Gasteiger partial charge in [0.05, 0.1) is 0 Å². The van der Waals surface area contributed by atoms with E-state index in [1.807, 2.05) is 0 Å². The Bertz CT molecular complexity index is 436. The Morgan fingerprint density at radius 1 is 0.800 bits per heavy atom. The topological polar surface area (TPSA) is 0 Å². The number of rotatable bonds is 7. The molecule has 1 heteroatoms. The maximum atomic E-state index is 3.92. The molecule has 1 unspecified atom stereocenters. The van der Waals surface area contributed by atoms with E-state index in [0.29, 0.717) is 10.7 Å². The molecule has 106 valence electrons. The first-order chi connectivity index (χ1) is 9.79. The van der Waals surface area contributed by atoms with E-state index in [9.17, 15) is 0 Å². The number of halogens is 1. The van der Waals surface area contributed by atoms with Crippen molar-refractivity contribution in [1.29, 1.82) is 0 Å². The molecule has 0 aliphatic heterocycles. The quantitative estimate of drug-likeness (QED) is 0.575. The third kappa shape index (κ3) is 4.79. The van der Waals surface area contributed by atoms with Crippen LogP contribution >= 0.6 is 15.9 Å². The summed E-state index contributed by atoms with van der Waals surface area (Å²) in [6.07, 6.45) is 4.76. The van der Waals surface area contributed by atoms with Crippen LogP contribution in [0.3, 0.4) is 0 Å². The molecule has 0 saturated heterocycles. The molecule has 20 heavy (non-hydrogen) atoms. The average molecular weight is 331 g/mol. The first-order valence-electron chi connectivity index (χ1n) is 7.51. The van der Waals surface area contributed by atoms with E-state index in [2.05, 4.69) is 83.5 Å². The lowest BCUT2D eigenvalue weighted by molar-refractivity contribution is 0.480. The van der Waals surface area contributed by atoms with Crippen LogP contribution in [0.5, 0.6) is 0 Å². The molecule has 2 aromatic carbocycles. The van der Waals surface area contributed by atoms with E-state index in [0.717, 1.165) is 12.8 Å². The fourth-order valence-corrected chi connectivity index (χ4v) is 3.50. The minimum atomic E-state index is 0.591. The fourth-order valence-electron chi connectivity index (χ4n) is 2.67. The largest absolute Gasteiger partial charge is 0.0887 e. The molecular formula is C19H23Br. The first-order valence-corrected chi connectivity index (χ1v) is 8.43. The second-order valence-corrected chi connectivity index (χ2v) is 6.62. The SMILES string of the molecule is CCCC(Br)C(Cc1ccccc1)Cc1ccccc1. The number of benzene rings is 2. The second kappa shape index (κ2) is 8.26. The zero-order chi connectivity index (χ0) is 14.2. The molecule has 2 aromatic rings. The van der Waals surface area contributed by atoms with Crippen LogP contribution in [0.15, 0.2) is 60.7 Å². The Balaban J connectivity index is 2.08. The molecule has 0 aliphatic carbocycles. The van der Waals surface area contributed by atoms with E-state index < -0.39 is 0 Å². The minimum absolute atomic E-state index is 0.591. The lowest BCUT2D eigenvalue weighted by atomic mass is 9.88. The highest BCUT2D eigenvalue weighted by Gasteiger charge is 2.19. The van der Waals surface area contributed by atoms with Gasteiger partial charge in [-0.2, -0.15) is 0 Å². The Kier molecular flexibility index (Phi) is 6.32. The molecule has 2 rings (SSSR count). The van der Waals surface area contributed by atoms with Crippen LogP contribution in [-0.2, 0) is 12.8 Å². The molecule has 0 heterocycles. The highest BCUT2D eigenvalue weighted by molar-refractivity contribution is 9.09. The average Bonchev–Trinajstić information content (AvgIpc) is 2.49. The number of alkyl halides is 1. The van der Waals surface area contributed by atoms with Gasteiger partial charge in [-0.3, -0.25) is 0 Å².